The Bertz CT molecular complexity index is 1340. The minimum absolute atomic E-state index is 0.110. The smallest absolute Gasteiger partial charge is 0.195 e. The van der Waals surface area contributed by atoms with Crippen molar-refractivity contribution in [2.45, 2.75) is 33.1 Å². The number of ketones is 1. The van der Waals surface area contributed by atoms with Crippen molar-refractivity contribution in [1.82, 2.24) is 4.98 Å². The Morgan fingerprint density at radius 1 is 0.857 bits per heavy atom. The molecule has 0 aliphatic carbocycles. The molecular formula is C30H27F2NO2. The molecule has 0 atom stereocenters. The molecule has 0 amide bonds. The zero-order valence-corrected chi connectivity index (χ0v) is 20.0. The van der Waals surface area contributed by atoms with E-state index in [4.69, 9.17) is 4.98 Å². The number of halogens is 2. The highest BCUT2D eigenvalue weighted by Crippen LogP contribution is 2.39. The molecule has 0 saturated heterocycles. The van der Waals surface area contributed by atoms with Crippen LogP contribution in [0.5, 0.6) is 0 Å². The number of rotatable bonds is 7. The molecule has 0 bridgehead atoms. The first-order valence-electron chi connectivity index (χ1n) is 11.6. The van der Waals surface area contributed by atoms with Gasteiger partial charge in [0.15, 0.2) is 5.78 Å². The number of hydrogen-bond acceptors (Lipinski definition) is 3. The molecule has 0 aliphatic rings. The van der Waals surface area contributed by atoms with Gasteiger partial charge in [-0.1, -0.05) is 55.8 Å². The maximum Gasteiger partial charge on any atom is 0.195 e. The molecule has 0 saturated carbocycles. The van der Waals surface area contributed by atoms with Crippen LogP contribution in [0.25, 0.3) is 22.4 Å². The summed E-state index contributed by atoms with van der Waals surface area (Å²) in [5, 5.41) is 9.97. The first kappa shape index (κ1) is 24.4. The lowest BCUT2D eigenvalue weighted by atomic mass is 9.84. The van der Waals surface area contributed by atoms with Crippen LogP contribution in [0.2, 0.25) is 0 Å². The number of carbonyl (C=O) groups is 1. The molecule has 0 spiro atoms. The van der Waals surface area contributed by atoms with Crippen molar-refractivity contribution in [2.75, 3.05) is 6.61 Å². The minimum Gasteiger partial charge on any atom is -0.396 e. The summed E-state index contributed by atoms with van der Waals surface area (Å²) in [5.74, 6) is -1.06. The van der Waals surface area contributed by atoms with E-state index >= 15 is 0 Å². The molecule has 5 heteroatoms. The van der Waals surface area contributed by atoms with Crippen molar-refractivity contribution in [1.29, 1.82) is 0 Å². The zero-order chi connectivity index (χ0) is 25.1. The molecule has 35 heavy (non-hydrogen) atoms. The molecule has 4 aromatic rings. The number of aliphatic hydroxyl groups is 1. The Kier molecular flexibility index (Phi) is 7.17. The molecule has 1 N–H and O–H groups in total. The third-order valence-electron chi connectivity index (χ3n) is 6.03. The summed E-state index contributed by atoms with van der Waals surface area (Å²) in [6, 6.07) is 19.3. The summed E-state index contributed by atoms with van der Waals surface area (Å²) in [6.07, 6.45) is 0.221. The average Bonchev–Trinajstić information content (AvgIpc) is 2.85. The van der Waals surface area contributed by atoms with E-state index in [0.717, 1.165) is 5.56 Å². The van der Waals surface area contributed by atoms with E-state index < -0.39 is 0 Å². The summed E-state index contributed by atoms with van der Waals surface area (Å²) in [4.78, 5) is 18.9. The minimum atomic E-state index is -0.388. The van der Waals surface area contributed by atoms with Gasteiger partial charge in [-0.3, -0.25) is 9.78 Å². The van der Waals surface area contributed by atoms with Crippen molar-refractivity contribution in [2.24, 2.45) is 0 Å². The molecule has 0 unspecified atom stereocenters. The second-order valence-electron chi connectivity index (χ2n) is 8.91. The van der Waals surface area contributed by atoms with E-state index in [1.165, 1.54) is 24.3 Å². The summed E-state index contributed by atoms with van der Waals surface area (Å²) in [6.45, 7) is 5.70. The highest BCUT2D eigenvalue weighted by atomic mass is 19.1. The van der Waals surface area contributed by atoms with E-state index in [1.54, 1.807) is 36.4 Å². The van der Waals surface area contributed by atoms with Gasteiger partial charge in [0.25, 0.3) is 0 Å². The van der Waals surface area contributed by atoms with E-state index in [2.05, 4.69) is 0 Å². The third-order valence-corrected chi connectivity index (χ3v) is 6.03. The van der Waals surface area contributed by atoms with Crippen molar-refractivity contribution in [3.8, 4) is 22.4 Å². The van der Waals surface area contributed by atoms with Gasteiger partial charge < -0.3 is 5.11 Å². The van der Waals surface area contributed by atoms with Crippen LogP contribution >= 0.6 is 0 Å². The predicted octanol–water partition coefficient (Wildman–Crippen LogP) is 6.89. The first-order chi connectivity index (χ1) is 16.8. The van der Waals surface area contributed by atoms with Gasteiger partial charge >= 0.3 is 0 Å². The fourth-order valence-electron chi connectivity index (χ4n) is 4.27. The lowest BCUT2D eigenvalue weighted by Gasteiger charge is -2.23. The van der Waals surface area contributed by atoms with Gasteiger partial charge in [0.1, 0.15) is 11.6 Å². The van der Waals surface area contributed by atoms with Gasteiger partial charge in [-0.05, 0) is 66.8 Å². The Morgan fingerprint density at radius 2 is 1.40 bits per heavy atom. The van der Waals surface area contributed by atoms with Crippen LogP contribution in [0.15, 0.2) is 72.8 Å². The molecule has 178 valence electrons. The third kappa shape index (κ3) is 5.05. The molecule has 3 nitrogen and oxygen atoms in total. The lowest BCUT2D eigenvalue weighted by Crippen LogP contribution is -2.15. The number of nitrogens with zero attached hydrogens (tertiary/aromatic N) is 1. The second-order valence-corrected chi connectivity index (χ2v) is 8.91. The largest absolute Gasteiger partial charge is 0.396 e. The molecular weight excluding hydrogens is 444 g/mol. The van der Waals surface area contributed by atoms with Crippen LogP contribution in [0.1, 0.15) is 52.5 Å². The SMILES string of the molecule is Cc1ccc(C(=O)c2c(C(C)C)nc(-c3ccc(F)cc3)c(CCO)c2-c2ccc(F)cc2)cc1. The monoisotopic (exact) mass is 471 g/mol. The van der Waals surface area contributed by atoms with Crippen LogP contribution in [-0.4, -0.2) is 22.5 Å². The van der Waals surface area contributed by atoms with Gasteiger partial charge in [0.05, 0.1) is 17.0 Å². The summed E-state index contributed by atoms with van der Waals surface area (Å²) in [5.41, 5.74) is 5.76. The number of benzene rings is 3. The van der Waals surface area contributed by atoms with E-state index in [-0.39, 0.29) is 36.4 Å². The topological polar surface area (TPSA) is 50.2 Å². The maximum atomic E-state index is 14.0. The molecule has 1 heterocycles. The Morgan fingerprint density at radius 3 is 1.91 bits per heavy atom. The number of aliphatic hydroxyl groups excluding tert-OH is 1. The fourth-order valence-corrected chi connectivity index (χ4v) is 4.27. The quantitative estimate of drug-likeness (QED) is 0.299. The van der Waals surface area contributed by atoms with E-state index in [9.17, 15) is 18.7 Å². The standard InChI is InChI=1S/C30H27F2NO2/c1-18(2)28-27(30(35)22-6-4-19(3)5-7-22)26(20-8-12-23(31)13-9-20)25(16-17-34)29(33-28)21-10-14-24(32)15-11-21/h4-15,18,34H,16-17H2,1-3H3. The summed E-state index contributed by atoms with van der Waals surface area (Å²) >= 11 is 0. The number of aryl methyl sites for hydroxylation is 1. The first-order valence-corrected chi connectivity index (χ1v) is 11.6. The van der Waals surface area contributed by atoms with Gasteiger partial charge in [-0.15, -0.1) is 0 Å². The van der Waals surface area contributed by atoms with E-state index in [1.807, 2.05) is 32.9 Å². The Hall–Kier alpha value is -3.70. The fraction of sp³-hybridized carbons (Fsp3) is 0.200. The maximum absolute atomic E-state index is 14.0. The van der Waals surface area contributed by atoms with Crippen LogP contribution in [-0.2, 0) is 6.42 Å². The predicted molar refractivity (Wildman–Crippen MR) is 135 cm³/mol. The molecule has 1 aromatic heterocycles. The van der Waals surface area contributed by atoms with Crippen molar-refractivity contribution in [3.05, 3.63) is 112 Å². The highest BCUT2D eigenvalue weighted by molar-refractivity contribution is 6.14. The molecule has 0 radical (unpaired) electrons. The summed E-state index contributed by atoms with van der Waals surface area (Å²) in [7, 11) is 0. The van der Waals surface area contributed by atoms with Crippen LogP contribution in [0.3, 0.4) is 0 Å². The number of pyridine rings is 1. The van der Waals surface area contributed by atoms with Gasteiger partial charge in [0.2, 0.25) is 0 Å². The molecule has 0 aliphatic heterocycles. The second kappa shape index (κ2) is 10.3. The number of hydrogen-bond donors (Lipinski definition) is 1. The molecule has 4 rings (SSSR count). The van der Waals surface area contributed by atoms with Crippen LogP contribution in [0, 0.1) is 18.6 Å². The van der Waals surface area contributed by atoms with Crippen LogP contribution in [0.4, 0.5) is 8.78 Å². The van der Waals surface area contributed by atoms with Crippen molar-refractivity contribution >= 4 is 5.78 Å². The summed E-state index contributed by atoms with van der Waals surface area (Å²) < 4.78 is 27.5. The number of carbonyl (C=O) groups excluding carboxylic acids is 1. The normalized spacial score (nSPS) is 11.2. The van der Waals surface area contributed by atoms with Crippen molar-refractivity contribution in [3.63, 3.8) is 0 Å². The van der Waals surface area contributed by atoms with E-state index in [0.29, 0.717) is 44.8 Å². The lowest BCUT2D eigenvalue weighted by molar-refractivity contribution is 0.103. The van der Waals surface area contributed by atoms with Gasteiger partial charge in [0, 0.05) is 23.3 Å². The van der Waals surface area contributed by atoms with Gasteiger partial charge in [-0.2, -0.15) is 0 Å². The Labute approximate surface area is 204 Å². The van der Waals surface area contributed by atoms with Gasteiger partial charge in [-0.25, -0.2) is 8.78 Å². The van der Waals surface area contributed by atoms with Crippen molar-refractivity contribution < 1.29 is 18.7 Å². The molecule has 3 aromatic carbocycles. The molecule has 0 fully saturated rings. The zero-order valence-electron chi connectivity index (χ0n) is 20.0. The van der Waals surface area contributed by atoms with Crippen LogP contribution < -0.4 is 0 Å². The highest BCUT2D eigenvalue weighted by Gasteiger charge is 2.27. The number of aromatic nitrogens is 1. The Balaban J connectivity index is 2.11. The average molecular weight is 472 g/mol.